The van der Waals surface area contributed by atoms with Gasteiger partial charge in [-0.25, -0.2) is 0 Å². The van der Waals surface area contributed by atoms with Crippen LogP contribution in [-0.2, 0) is 0 Å². The molecule has 0 fully saturated rings. The van der Waals surface area contributed by atoms with Crippen molar-refractivity contribution in [2.24, 2.45) is 0 Å². The van der Waals surface area contributed by atoms with E-state index in [9.17, 15) is 0 Å². The van der Waals surface area contributed by atoms with Crippen LogP contribution in [0.5, 0.6) is 0 Å². The molecule has 0 bridgehead atoms. The molecule has 0 radical (unpaired) electrons. The van der Waals surface area contributed by atoms with Crippen LogP contribution in [0.25, 0.3) is 0 Å². The molecule has 158 valence electrons. The van der Waals surface area contributed by atoms with Crippen LogP contribution in [0.3, 0.4) is 0 Å². The third-order valence-electron chi connectivity index (χ3n) is 4.38. The molecule has 0 aromatic rings. The molecule has 0 aromatic carbocycles. The molecule has 0 aliphatic rings. The van der Waals surface area contributed by atoms with E-state index in [-0.39, 0.29) is 4.44 Å². The first kappa shape index (κ1) is 27.2. The Morgan fingerprint density at radius 2 is 0.885 bits per heavy atom. The summed E-state index contributed by atoms with van der Waals surface area (Å²) in [6.45, 7) is 29.5. The molecule has 0 aliphatic heterocycles. The average molecular weight is 547 g/mol. The van der Waals surface area contributed by atoms with Crippen molar-refractivity contribution in [1.29, 1.82) is 0 Å². The molecule has 0 N–H and O–H groups in total. The fourth-order valence-electron chi connectivity index (χ4n) is 5.23. The zero-order valence-corrected chi connectivity index (χ0v) is 26.8. The molecular formula is C17H45F2N2Si4Sn-. The third-order valence-corrected chi connectivity index (χ3v) is 59.6. The van der Waals surface area contributed by atoms with E-state index in [1.807, 2.05) is 24.8 Å². The van der Waals surface area contributed by atoms with Gasteiger partial charge in [-0.15, -0.1) is 0 Å². The van der Waals surface area contributed by atoms with Crippen molar-refractivity contribution in [1.82, 2.24) is 4.91 Å². The predicted molar refractivity (Wildman–Crippen MR) is 129 cm³/mol. The molecule has 0 amide bonds. The number of halogens is 2. The van der Waals surface area contributed by atoms with E-state index in [1.165, 1.54) is 0 Å². The fourth-order valence-corrected chi connectivity index (χ4v) is 81.9. The summed E-state index contributed by atoms with van der Waals surface area (Å²) in [6, 6.07) is 0. The van der Waals surface area contributed by atoms with Crippen molar-refractivity contribution >= 4 is 51.6 Å². The van der Waals surface area contributed by atoms with Crippen LogP contribution in [0.2, 0.25) is 83.0 Å². The SMILES string of the molecule is CC(C)=C[CH2][Sn-]([F])([F])([N]([Si](C)(C)C)[Si](C)(C)C)[N]([Si](C)(C)C)[Si](C)(C)C. The Labute approximate surface area is 170 Å². The molecule has 0 saturated carbocycles. The molecule has 0 aromatic heterocycles. The van der Waals surface area contributed by atoms with Crippen LogP contribution >= 0.6 is 0 Å². The van der Waals surface area contributed by atoms with E-state index in [2.05, 4.69) is 78.6 Å². The normalized spacial score (nSPS) is 16.6. The number of rotatable bonds is 8. The summed E-state index contributed by atoms with van der Waals surface area (Å²) >= 11 is -6.46. The van der Waals surface area contributed by atoms with Gasteiger partial charge in [0.25, 0.3) is 0 Å². The van der Waals surface area contributed by atoms with Crippen LogP contribution in [0.4, 0.5) is 5.73 Å². The number of hydrogen-bond donors (Lipinski definition) is 0. The van der Waals surface area contributed by atoms with Gasteiger partial charge in [0.05, 0.1) is 0 Å². The second kappa shape index (κ2) is 7.79. The molecule has 26 heavy (non-hydrogen) atoms. The van der Waals surface area contributed by atoms with E-state index in [4.69, 9.17) is 0 Å². The van der Waals surface area contributed by atoms with Crippen LogP contribution in [0.15, 0.2) is 11.6 Å². The first-order chi connectivity index (χ1) is 10.9. The Balaban J connectivity index is 7.19. The van der Waals surface area contributed by atoms with Crippen LogP contribution in [0, 0.1) is 0 Å². The standard InChI is InChI=1S/2C6H18NSi2.C5H9.2FH.Sn/c2*1-8(2,3)7-9(4,5)6;1-4-5(2)3;;;/h2*1-6H3;4H,1H2,2-3H3;2*1H;/q2*-1;;;;+3/p-2. The van der Waals surface area contributed by atoms with Gasteiger partial charge in [-0.3, -0.25) is 0 Å². The van der Waals surface area contributed by atoms with Gasteiger partial charge >= 0.3 is 171 Å². The quantitative estimate of drug-likeness (QED) is 0.234. The minimum absolute atomic E-state index is 0.00719. The molecule has 0 rings (SSSR count). The topological polar surface area (TPSA) is 6.48 Å². The summed E-state index contributed by atoms with van der Waals surface area (Å²) in [4.78, 5) is 0. The maximum atomic E-state index is 17.6. The van der Waals surface area contributed by atoms with E-state index < -0.39 is 51.6 Å². The summed E-state index contributed by atoms with van der Waals surface area (Å²) in [7, 11) is -8.84. The van der Waals surface area contributed by atoms with E-state index in [0.717, 1.165) is 5.57 Å². The van der Waals surface area contributed by atoms with Crippen molar-refractivity contribution in [2.45, 2.75) is 96.8 Å². The molecule has 9 heteroatoms. The molecular weight excluding hydrogens is 501 g/mol. The molecule has 0 unspecified atom stereocenters. The van der Waals surface area contributed by atoms with E-state index in [0.29, 0.717) is 0 Å². The van der Waals surface area contributed by atoms with Crippen molar-refractivity contribution in [3.05, 3.63) is 11.6 Å². The monoisotopic (exact) mass is 547 g/mol. The van der Waals surface area contributed by atoms with Gasteiger partial charge in [0.1, 0.15) is 0 Å². The van der Waals surface area contributed by atoms with Crippen LogP contribution < -0.4 is 0 Å². The summed E-state index contributed by atoms with van der Waals surface area (Å²) in [5.74, 6) is 0. The van der Waals surface area contributed by atoms with Crippen LogP contribution in [0.1, 0.15) is 13.8 Å². The minimum atomic E-state index is -6.46. The Hall–Kier alpha value is 1.19. The van der Waals surface area contributed by atoms with Gasteiger partial charge in [0.2, 0.25) is 0 Å². The first-order valence-electron chi connectivity index (χ1n) is 9.77. The molecule has 2 nitrogen and oxygen atoms in total. The number of hydrogen-bond acceptors (Lipinski definition) is 2. The van der Waals surface area contributed by atoms with Crippen molar-refractivity contribution in [3.8, 4) is 0 Å². The summed E-state index contributed by atoms with van der Waals surface area (Å²) in [5, 5.41) is 0. The zero-order valence-electron chi connectivity index (χ0n) is 19.9. The van der Waals surface area contributed by atoms with Crippen molar-refractivity contribution < 1.29 is 5.73 Å². The second-order valence-corrected chi connectivity index (χ2v) is 47.0. The molecule has 0 heterocycles. The van der Waals surface area contributed by atoms with E-state index in [1.54, 1.807) is 0 Å². The maximum absolute atomic E-state index is 17.6. The molecule has 0 saturated heterocycles. The average Bonchev–Trinajstić information content (AvgIpc) is 2.15. The summed E-state index contributed by atoms with van der Waals surface area (Å²) < 4.78 is 39.2. The predicted octanol–water partition coefficient (Wildman–Crippen LogP) is 7.22. The third kappa shape index (κ3) is 6.35. The van der Waals surface area contributed by atoms with Gasteiger partial charge in [-0.2, -0.15) is 0 Å². The fraction of sp³-hybridized carbons (Fsp3) is 0.882. The molecule has 0 atom stereocenters. The number of nitrogens with zero attached hydrogens (tertiary/aromatic N) is 2. The molecule has 0 aliphatic carbocycles. The molecule has 0 spiro atoms. The summed E-state index contributed by atoms with van der Waals surface area (Å²) in [6.07, 6.45) is 1.85. The van der Waals surface area contributed by atoms with Gasteiger partial charge in [-0.1, -0.05) is 0 Å². The van der Waals surface area contributed by atoms with Gasteiger partial charge in [0, 0.05) is 0 Å². The van der Waals surface area contributed by atoms with Gasteiger partial charge in [0.15, 0.2) is 0 Å². The second-order valence-electron chi connectivity index (χ2n) is 11.9. The number of allylic oxidation sites excluding steroid dienone is 2. The van der Waals surface area contributed by atoms with Gasteiger partial charge in [-0.05, 0) is 0 Å². The Morgan fingerprint density at radius 1 is 0.654 bits per heavy atom. The Kier molecular flexibility index (Phi) is 8.14. The van der Waals surface area contributed by atoms with E-state index >= 15 is 5.73 Å². The zero-order chi connectivity index (χ0) is 21.6. The van der Waals surface area contributed by atoms with Crippen molar-refractivity contribution in [3.63, 3.8) is 0 Å². The van der Waals surface area contributed by atoms with Crippen molar-refractivity contribution in [2.75, 3.05) is 0 Å². The Morgan fingerprint density at radius 3 is 1.04 bits per heavy atom. The first-order valence-corrected chi connectivity index (χ1v) is 30.3. The Bertz CT molecular complexity index is 473. The van der Waals surface area contributed by atoms with Crippen LogP contribution in [-0.4, -0.2) is 56.5 Å². The summed E-state index contributed by atoms with van der Waals surface area (Å²) in [5.41, 5.74) is 1.01. The van der Waals surface area contributed by atoms with Gasteiger partial charge < -0.3 is 0 Å².